The van der Waals surface area contributed by atoms with Gasteiger partial charge in [-0.25, -0.2) is 0 Å². The second kappa shape index (κ2) is 10.3. The first-order valence-electron chi connectivity index (χ1n) is 16.2. The standard InChI is InChI=1S/C43H36O2/c1-27-7-18-38-40-24-39(33-13-12-31-5-3-4-6-32(31)23-33)28(2)20-42(40)43(41(38)19-27,34-14-8-29(9-15-34)21-36-25-44-36)35-16-10-30(11-17-35)22-37-26-45-37/h3-20,23-24,36-37H,21-22,25-26H2,1-2H3. The lowest BCUT2D eigenvalue weighted by Crippen LogP contribution is -2.29. The van der Waals surface area contributed by atoms with Crippen LogP contribution < -0.4 is 0 Å². The first-order valence-corrected chi connectivity index (χ1v) is 16.2. The highest BCUT2D eigenvalue weighted by Crippen LogP contribution is 2.57. The van der Waals surface area contributed by atoms with Gasteiger partial charge >= 0.3 is 0 Å². The maximum atomic E-state index is 5.56. The van der Waals surface area contributed by atoms with E-state index in [1.54, 1.807) is 0 Å². The molecule has 0 spiro atoms. The van der Waals surface area contributed by atoms with Gasteiger partial charge < -0.3 is 9.47 Å². The summed E-state index contributed by atoms with van der Waals surface area (Å²) in [6, 6.07) is 46.3. The van der Waals surface area contributed by atoms with Crippen LogP contribution in [0.15, 0.2) is 121 Å². The van der Waals surface area contributed by atoms with Gasteiger partial charge in [-0.1, -0.05) is 115 Å². The molecule has 0 radical (unpaired) electrons. The van der Waals surface area contributed by atoms with Crippen molar-refractivity contribution >= 4 is 10.8 Å². The van der Waals surface area contributed by atoms with Crippen molar-refractivity contribution < 1.29 is 9.47 Å². The monoisotopic (exact) mass is 584 g/mol. The van der Waals surface area contributed by atoms with E-state index in [4.69, 9.17) is 9.47 Å². The molecule has 0 saturated carbocycles. The fourth-order valence-electron chi connectivity index (χ4n) is 7.73. The summed E-state index contributed by atoms with van der Waals surface area (Å²) < 4.78 is 11.1. The molecule has 3 aliphatic rings. The summed E-state index contributed by atoms with van der Waals surface area (Å²) in [5, 5.41) is 2.54. The molecule has 2 saturated heterocycles. The average molecular weight is 585 g/mol. The molecule has 220 valence electrons. The van der Waals surface area contributed by atoms with E-state index in [-0.39, 0.29) is 0 Å². The third-order valence-electron chi connectivity index (χ3n) is 10.2. The number of hydrogen-bond donors (Lipinski definition) is 0. The van der Waals surface area contributed by atoms with Crippen molar-refractivity contribution in [3.05, 3.63) is 166 Å². The molecule has 2 atom stereocenters. The van der Waals surface area contributed by atoms with E-state index in [1.165, 1.54) is 77.5 Å². The third-order valence-corrected chi connectivity index (χ3v) is 10.2. The summed E-state index contributed by atoms with van der Waals surface area (Å²) in [6.45, 7) is 6.25. The van der Waals surface area contributed by atoms with Crippen LogP contribution in [0.25, 0.3) is 33.0 Å². The quantitative estimate of drug-likeness (QED) is 0.174. The van der Waals surface area contributed by atoms with Crippen LogP contribution in [0.2, 0.25) is 0 Å². The third kappa shape index (κ3) is 4.55. The average Bonchev–Trinajstić information content (AvgIpc) is 4.01. The maximum absolute atomic E-state index is 5.56. The minimum absolute atomic E-state index is 0.375. The predicted molar refractivity (Wildman–Crippen MR) is 183 cm³/mol. The van der Waals surface area contributed by atoms with E-state index in [1.807, 2.05) is 0 Å². The molecule has 2 heterocycles. The van der Waals surface area contributed by atoms with Crippen LogP contribution in [0.5, 0.6) is 0 Å². The molecular weight excluding hydrogens is 548 g/mol. The molecule has 0 aromatic heterocycles. The van der Waals surface area contributed by atoms with Crippen LogP contribution in [-0.4, -0.2) is 25.4 Å². The Morgan fingerprint density at radius 2 is 1.16 bits per heavy atom. The van der Waals surface area contributed by atoms with Gasteiger partial charge in [0, 0.05) is 12.8 Å². The highest BCUT2D eigenvalue weighted by atomic mass is 16.6. The van der Waals surface area contributed by atoms with Gasteiger partial charge in [0.05, 0.1) is 30.8 Å². The molecule has 9 rings (SSSR count). The second-order valence-electron chi connectivity index (χ2n) is 13.3. The molecule has 1 aliphatic carbocycles. The number of rotatable bonds is 7. The van der Waals surface area contributed by atoms with Crippen LogP contribution in [0.3, 0.4) is 0 Å². The minimum atomic E-state index is -0.424. The first kappa shape index (κ1) is 26.9. The van der Waals surface area contributed by atoms with E-state index >= 15 is 0 Å². The normalized spacial score (nSPS) is 21.0. The number of ether oxygens (including phenoxy) is 2. The van der Waals surface area contributed by atoms with Crippen LogP contribution in [0.1, 0.15) is 44.5 Å². The lowest BCUT2D eigenvalue weighted by atomic mass is 9.67. The smallest absolute Gasteiger partial charge is 0.0850 e. The van der Waals surface area contributed by atoms with Crippen LogP contribution >= 0.6 is 0 Å². The van der Waals surface area contributed by atoms with Crippen molar-refractivity contribution in [3.8, 4) is 22.3 Å². The van der Waals surface area contributed by atoms with E-state index in [9.17, 15) is 0 Å². The van der Waals surface area contributed by atoms with Gasteiger partial charge in [-0.2, -0.15) is 0 Å². The molecule has 45 heavy (non-hydrogen) atoms. The van der Waals surface area contributed by atoms with Gasteiger partial charge in [-0.3, -0.25) is 0 Å². The Bertz CT molecular complexity index is 2020. The van der Waals surface area contributed by atoms with E-state index < -0.39 is 5.41 Å². The number of epoxide rings is 2. The number of fused-ring (bicyclic) bond motifs is 4. The van der Waals surface area contributed by atoms with Crippen molar-refractivity contribution in [1.82, 2.24) is 0 Å². The highest BCUT2D eigenvalue weighted by molar-refractivity contribution is 5.92. The summed E-state index contributed by atoms with van der Waals surface area (Å²) in [5.74, 6) is 0. The zero-order valence-electron chi connectivity index (χ0n) is 25.8. The van der Waals surface area contributed by atoms with Crippen molar-refractivity contribution in [2.75, 3.05) is 13.2 Å². The van der Waals surface area contributed by atoms with Gasteiger partial charge in [0.25, 0.3) is 0 Å². The Labute approximate surface area is 265 Å². The Hall–Kier alpha value is -4.50. The van der Waals surface area contributed by atoms with Gasteiger partial charge in [0.2, 0.25) is 0 Å². The molecule has 2 nitrogen and oxygen atoms in total. The van der Waals surface area contributed by atoms with Gasteiger partial charge in [0.1, 0.15) is 0 Å². The summed E-state index contributed by atoms with van der Waals surface area (Å²) >= 11 is 0. The SMILES string of the molecule is Cc1ccc2c(c1)C(c1ccc(CC3CO3)cc1)(c1ccc(CC3CO3)cc1)c1cc(C)c(-c3ccc4ccccc4c3)cc1-2. The van der Waals surface area contributed by atoms with Gasteiger partial charge in [-0.05, 0) is 98.0 Å². The van der Waals surface area contributed by atoms with E-state index in [0.29, 0.717) is 12.2 Å². The lowest BCUT2D eigenvalue weighted by molar-refractivity contribution is 0.407. The fourth-order valence-corrected chi connectivity index (χ4v) is 7.73. The molecule has 6 aromatic rings. The number of aryl methyl sites for hydroxylation is 2. The first-order chi connectivity index (χ1) is 22.1. The Kier molecular flexibility index (Phi) is 6.13. The topological polar surface area (TPSA) is 25.1 Å². The number of hydrogen-bond acceptors (Lipinski definition) is 2. The molecule has 6 aromatic carbocycles. The van der Waals surface area contributed by atoms with Crippen LogP contribution in [0.4, 0.5) is 0 Å². The Morgan fingerprint density at radius 1 is 0.556 bits per heavy atom. The predicted octanol–water partition coefficient (Wildman–Crippen LogP) is 9.37. The van der Waals surface area contributed by atoms with Crippen molar-refractivity contribution in [2.24, 2.45) is 0 Å². The molecule has 0 N–H and O–H groups in total. The lowest BCUT2D eigenvalue weighted by Gasteiger charge is -2.34. The van der Waals surface area contributed by atoms with Crippen molar-refractivity contribution in [1.29, 1.82) is 0 Å². The molecule has 0 bridgehead atoms. The molecule has 2 fully saturated rings. The van der Waals surface area contributed by atoms with Crippen LogP contribution in [-0.2, 0) is 27.7 Å². The Balaban J connectivity index is 1.27. The number of benzene rings is 6. The summed E-state index contributed by atoms with van der Waals surface area (Å²) in [5.41, 5.74) is 15.4. The zero-order chi connectivity index (χ0) is 30.1. The van der Waals surface area contributed by atoms with Crippen molar-refractivity contribution in [2.45, 2.75) is 44.3 Å². The minimum Gasteiger partial charge on any atom is -0.373 e. The molecule has 2 aliphatic heterocycles. The summed E-state index contributed by atoms with van der Waals surface area (Å²) in [4.78, 5) is 0. The molecular formula is C43H36O2. The molecule has 2 unspecified atom stereocenters. The van der Waals surface area contributed by atoms with Gasteiger partial charge in [-0.15, -0.1) is 0 Å². The second-order valence-corrected chi connectivity index (χ2v) is 13.3. The highest BCUT2D eigenvalue weighted by Gasteiger charge is 2.46. The van der Waals surface area contributed by atoms with Crippen molar-refractivity contribution in [3.63, 3.8) is 0 Å². The molecule has 2 heteroatoms. The van der Waals surface area contributed by atoms with Crippen LogP contribution in [0, 0.1) is 13.8 Å². The zero-order valence-corrected chi connectivity index (χ0v) is 25.8. The van der Waals surface area contributed by atoms with E-state index in [2.05, 4.69) is 135 Å². The summed E-state index contributed by atoms with van der Waals surface area (Å²) in [7, 11) is 0. The van der Waals surface area contributed by atoms with E-state index in [0.717, 1.165) is 26.1 Å². The largest absolute Gasteiger partial charge is 0.373 e. The fraction of sp³-hybridized carbons (Fsp3) is 0.209. The maximum Gasteiger partial charge on any atom is 0.0850 e. The summed E-state index contributed by atoms with van der Waals surface area (Å²) in [6.07, 6.45) is 2.70. The molecule has 0 amide bonds. The Morgan fingerprint density at radius 3 is 1.78 bits per heavy atom. The van der Waals surface area contributed by atoms with Gasteiger partial charge in [0.15, 0.2) is 0 Å².